The van der Waals surface area contributed by atoms with Crippen molar-refractivity contribution in [3.63, 3.8) is 0 Å². The molecule has 2 atom stereocenters. The maximum Gasteiger partial charge on any atom is 0.0145 e. The zero-order valence-electron chi connectivity index (χ0n) is 11.0. The fraction of sp³-hybridized carbons (Fsp3) is 0.714. The van der Waals surface area contributed by atoms with Gasteiger partial charge in [-0.05, 0) is 41.7 Å². The highest BCUT2D eigenvalue weighted by Crippen LogP contribution is 2.49. The third-order valence-corrected chi connectivity index (χ3v) is 3.32. The van der Waals surface area contributed by atoms with Gasteiger partial charge in [-0.25, -0.2) is 0 Å². The molecule has 1 fully saturated rings. The van der Waals surface area contributed by atoms with Gasteiger partial charge in [0.2, 0.25) is 0 Å². The van der Waals surface area contributed by atoms with Crippen molar-refractivity contribution in [2.24, 2.45) is 23.5 Å². The van der Waals surface area contributed by atoms with Crippen LogP contribution >= 0.6 is 0 Å². The summed E-state index contributed by atoms with van der Waals surface area (Å²) < 4.78 is 0. The van der Waals surface area contributed by atoms with Crippen LogP contribution in [0.1, 0.15) is 40.5 Å². The molecule has 2 aliphatic rings. The minimum atomic E-state index is 0. The first kappa shape index (κ1) is 15.4. The predicted octanol–water partition coefficient (Wildman–Crippen LogP) is 3.67. The molecule has 0 aromatic heterocycles. The molecule has 2 unspecified atom stereocenters. The van der Waals surface area contributed by atoms with Gasteiger partial charge in [0, 0.05) is 6.54 Å². The SMILES string of the molecule is CC.CC(C)C1=C(CN)C2CC2CC=C1.F. The number of hydrogen-bond donors (Lipinski definition) is 1. The van der Waals surface area contributed by atoms with E-state index in [2.05, 4.69) is 26.0 Å². The lowest BCUT2D eigenvalue weighted by molar-refractivity contribution is 0.733. The van der Waals surface area contributed by atoms with Gasteiger partial charge in [-0.3, -0.25) is 4.70 Å². The molecule has 1 nitrogen and oxygen atoms in total. The molecule has 2 aliphatic carbocycles. The lowest BCUT2D eigenvalue weighted by atomic mass is 9.94. The third-order valence-electron chi connectivity index (χ3n) is 3.32. The van der Waals surface area contributed by atoms with E-state index >= 15 is 0 Å². The van der Waals surface area contributed by atoms with E-state index in [1.54, 1.807) is 0 Å². The minimum Gasteiger partial charge on any atom is -0.327 e. The summed E-state index contributed by atoms with van der Waals surface area (Å²) in [7, 11) is 0. The van der Waals surface area contributed by atoms with Crippen LogP contribution in [0.15, 0.2) is 23.3 Å². The van der Waals surface area contributed by atoms with E-state index in [1.165, 1.54) is 24.0 Å². The predicted molar refractivity (Wildman–Crippen MR) is 70.1 cm³/mol. The summed E-state index contributed by atoms with van der Waals surface area (Å²) in [5.41, 5.74) is 8.87. The van der Waals surface area contributed by atoms with Gasteiger partial charge < -0.3 is 5.73 Å². The van der Waals surface area contributed by atoms with Crippen LogP contribution in [0.2, 0.25) is 0 Å². The highest BCUT2D eigenvalue weighted by atomic mass is 19.0. The largest absolute Gasteiger partial charge is 0.327 e. The molecule has 0 bridgehead atoms. The average molecular weight is 227 g/mol. The molecule has 2 heteroatoms. The Morgan fingerprint density at radius 2 is 2.00 bits per heavy atom. The number of nitrogens with two attached hydrogens (primary N) is 1. The van der Waals surface area contributed by atoms with E-state index in [0.29, 0.717) is 5.92 Å². The van der Waals surface area contributed by atoms with Crippen LogP contribution in [0.25, 0.3) is 0 Å². The van der Waals surface area contributed by atoms with E-state index in [1.807, 2.05) is 13.8 Å². The second-order valence-corrected chi connectivity index (χ2v) is 4.58. The van der Waals surface area contributed by atoms with Crippen molar-refractivity contribution in [2.75, 3.05) is 6.54 Å². The molecule has 0 saturated heterocycles. The Balaban J connectivity index is 0.000000711. The first-order chi connectivity index (χ1) is 7.24. The zero-order valence-corrected chi connectivity index (χ0v) is 11.0. The Kier molecular flexibility index (Phi) is 6.58. The lowest BCUT2D eigenvalue weighted by Crippen LogP contribution is -2.10. The molecule has 94 valence electrons. The summed E-state index contributed by atoms with van der Waals surface area (Å²) in [4.78, 5) is 0. The quantitative estimate of drug-likeness (QED) is 0.765. The summed E-state index contributed by atoms with van der Waals surface area (Å²) >= 11 is 0. The van der Waals surface area contributed by atoms with Gasteiger partial charge in [0.25, 0.3) is 0 Å². The van der Waals surface area contributed by atoms with Crippen LogP contribution < -0.4 is 5.73 Å². The maximum atomic E-state index is 5.83. The molecule has 2 rings (SSSR count). The monoisotopic (exact) mass is 227 g/mol. The molecule has 0 aliphatic heterocycles. The van der Waals surface area contributed by atoms with E-state index < -0.39 is 0 Å². The Labute approximate surface area is 99.2 Å². The summed E-state index contributed by atoms with van der Waals surface area (Å²) in [5, 5.41) is 0. The van der Waals surface area contributed by atoms with Crippen LogP contribution in [0.3, 0.4) is 0 Å². The van der Waals surface area contributed by atoms with Gasteiger partial charge in [-0.1, -0.05) is 39.8 Å². The van der Waals surface area contributed by atoms with E-state index in [9.17, 15) is 0 Å². The molecule has 0 amide bonds. The Hall–Kier alpha value is -0.630. The molecule has 16 heavy (non-hydrogen) atoms. The first-order valence-corrected chi connectivity index (χ1v) is 6.33. The highest BCUT2D eigenvalue weighted by molar-refractivity contribution is 5.35. The number of hydrogen-bond acceptors (Lipinski definition) is 1. The second-order valence-electron chi connectivity index (χ2n) is 4.58. The molecule has 0 radical (unpaired) electrons. The summed E-state index contributed by atoms with van der Waals surface area (Å²) in [6.07, 6.45) is 7.29. The molecular formula is C14H26FN. The van der Waals surface area contributed by atoms with Gasteiger partial charge in [0.15, 0.2) is 0 Å². The second kappa shape index (κ2) is 6.85. The third kappa shape index (κ3) is 3.18. The molecule has 0 aromatic carbocycles. The van der Waals surface area contributed by atoms with Crippen LogP contribution in [0.5, 0.6) is 0 Å². The Morgan fingerprint density at radius 1 is 1.38 bits per heavy atom. The van der Waals surface area contributed by atoms with Crippen molar-refractivity contribution in [2.45, 2.75) is 40.5 Å². The first-order valence-electron chi connectivity index (χ1n) is 6.33. The van der Waals surface area contributed by atoms with Gasteiger partial charge >= 0.3 is 0 Å². The van der Waals surface area contributed by atoms with Crippen molar-refractivity contribution in [1.29, 1.82) is 0 Å². The number of halogens is 1. The normalized spacial score (nSPS) is 26.4. The van der Waals surface area contributed by atoms with Gasteiger partial charge in [0.05, 0.1) is 0 Å². The standard InChI is InChI=1S/C12H19N.C2H6.FH/c1-8(2)10-5-3-4-9-6-11(9)12(10)7-13;1-2;/h3,5,8-9,11H,4,6-7,13H2,1-2H3;1-2H3;1H. The van der Waals surface area contributed by atoms with Crippen LogP contribution in [-0.2, 0) is 0 Å². The summed E-state index contributed by atoms with van der Waals surface area (Å²) in [6, 6.07) is 0. The smallest absolute Gasteiger partial charge is 0.0145 e. The van der Waals surface area contributed by atoms with Crippen molar-refractivity contribution in [3.05, 3.63) is 23.3 Å². The number of rotatable bonds is 2. The van der Waals surface area contributed by atoms with Gasteiger partial charge in [-0.15, -0.1) is 0 Å². The molecule has 1 saturated carbocycles. The van der Waals surface area contributed by atoms with E-state index in [0.717, 1.165) is 18.4 Å². The maximum absolute atomic E-state index is 5.83. The van der Waals surface area contributed by atoms with Crippen molar-refractivity contribution < 1.29 is 4.70 Å². The van der Waals surface area contributed by atoms with Crippen molar-refractivity contribution in [1.82, 2.24) is 0 Å². The molecule has 2 N–H and O–H groups in total. The average Bonchev–Trinajstić information content (AvgIpc) is 2.97. The number of allylic oxidation sites excluding steroid dienone is 3. The Bertz CT molecular complexity index is 266. The van der Waals surface area contributed by atoms with E-state index in [4.69, 9.17) is 5.73 Å². The van der Waals surface area contributed by atoms with E-state index in [-0.39, 0.29) is 4.70 Å². The molecule has 0 spiro atoms. The minimum absolute atomic E-state index is 0. The van der Waals surface area contributed by atoms with Crippen molar-refractivity contribution >= 4 is 0 Å². The molecule has 0 aromatic rings. The zero-order chi connectivity index (χ0) is 11.4. The van der Waals surface area contributed by atoms with Crippen molar-refractivity contribution in [3.8, 4) is 0 Å². The summed E-state index contributed by atoms with van der Waals surface area (Å²) in [5.74, 6) is 2.39. The molecule has 0 heterocycles. The topological polar surface area (TPSA) is 26.0 Å². The molecular weight excluding hydrogens is 201 g/mol. The number of fused-ring (bicyclic) bond motifs is 1. The van der Waals surface area contributed by atoms with Crippen LogP contribution in [0.4, 0.5) is 4.70 Å². The van der Waals surface area contributed by atoms with Gasteiger partial charge in [0.1, 0.15) is 0 Å². The fourth-order valence-electron chi connectivity index (χ4n) is 2.46. The van der Waals surface area contributed by atoms with Gasteiger partial charge in [-0.2, -0.15) is 0 Å². The Morgan fingerprint density at radius 3 is 2.50 bits per heavy atom. The highest BCUT2D eigenvalue weighted by Gasteiger charge is 2.40. The summed E-state index contributed by atoms with van der Waals surface area (Å²) in [6.45, 7) is 9.29. The fourth-order valence-corrected chi connectivity index (χ4v) is 2.46. The lowest BCUT2D eigenvalue weighted by Gasteiger charge is -2.13. The van der Waals surface area contributed by atoms with Crippen LogP contribution in [0, 0.1) is 17.8 Å². The van der Waals surface area contributed by atoms with Crippen LogP contribution in [-0.4, -0.2) is 6.54 Å².